The van der Waals surface area contributed by atoms with E-state index >= 15 is 0 Å². The Balaban J connectivity index is 2.43. The van der Waals surface area contributed by atoms with Gasteiger partial charge in [0, 0.05) is 0 Å². The minimum Gasteiger partial charge on any atom is -0.0995 e. The molecule has 1 aromatic rings. The third-order valence-corrected chi connectivity index (χ3v) is 2.55. The molecule has 0 atom stereocenters. The van der Waals surface area contributed by atoms with Crippen molar-refractivity contribution >= 4 is 0 Å². The average molecular weight is 158 g/mol. The first kappa shape index (κ1) is 7.60. The van der Waals surface area contributed by atoms with Gasteiger partial charge in [0.25, 0.3) is 0 Å². The Morgan fingerprint density at radius 1 is 1.17 bits per heavy atom. The Bertz CT molecular complexity index is 321. The van der Waals surface area contributed by atoms with Crippen LogP contribution in [0.5, 0.6) is 0 Å². The third kappa shape index (κ3) is 1.29. The van der Waals surface area contributed by atoms with Crippen molar-refractivity contribution in [2.75, 3.05) is 0 Å². The van der Waals surface area contributed by atoms with Gasteiger partial charge in [0.05, 0.1) is 0 Å². The van der Waals surface area contributed by atoms with E-state index in [-0.39, 0.29) is 0 Å². The lowest BCUT2D eigenvalue weighted by Crippen LogP contribution is -2.04. The van der Waals surface area contributed by atoms with Gasteiger partial charge in [-0.3, -0.25) is 0 Å². The Kier molecular flexibility index (Phi) is 1.76. The van der Waals surface area contributed by atoms with Gasteiger partial charge < -0.3 is 0 Å². The minimum absolute atomic E-state index is 1.09. The molecule has 0 fully saturated rings. The number of hydrogen-bond acceptors (Lipinski definition) is 0. The highest BCUT2D eigenvalue weighted by Gasteiger charge is 2.10. The maximum Gasteiger partial charge on any atom is -0.00670 e. The van der Waals surface area contributed by atoms with Crippen molar-refractivity contribution in [1.29, 1.82) is 0 Å². The Morgan fingerprint density at radius 3 is 2.83 bits per heavy atom. The first-order valence-corrected chi connectivity index (χ1v) is 4.51. The number of benzene rings is 1. The SMILES string of the molecule is C=C1CCc2cc(C)ccc2C1. The summed E-state index contributed by atoms with van der Waals surface area (Å²) in [7, 11) is 0. The fourth-order valence-corrected chi connectivity index (χ4v) is 1.83. The van der Waals surface area contributed by atoms with E-state index in [0.29, 0.717) is 0 Å². The molecule has 0 radical (unpaired) electrons. The van der Waals surface area contributed by atoms with Crippen molar-refractivity contribution < 1.29 is 0 Å². The van der Waals surface area contributed by atoms with Crippen molar-refractivity contribution in [2.24, 2.45) is 0 Å². The summed E-state index contributed by atoms with van der Waals surface area (Å²) in [4.78, 5) is 0. The molecule has 0 heteroatoms. The number of fused-ring (bicyclic) bond motifs is 1. The summed E-state index contributed by atoms with van der Waals surface area (Å²) >= 11 is 0. The molecule has 0 bridgehead atoms. The van der Waals surface area contributed by atoms with Gasteiger partial charge in [0.15, 0.2) is 0 Å². The van der Waals surface area contributed by atoms with Crippen LogP contribution in [0.15, 0.2) is 30.4 Å². The number of rotatable bonds is 0. The van der Waals surface area contributed by atoms with Gasteiger partial charge in [0.1, 0.15) is 0 Å². The molecule has 1 aliphatic carbocycles. The quantitative estimate of drug-likeness (QED) is 0.509. The summed E-state index contributed by atoms with van der Waals surface area (Å²) in [5.41, 5.74) is 5.77. The van der Waals surface area contributed by atoms with Gasteiger partial charge in [-0.2, -0.15) is 0 Å². The number of allylic oxidation sites excluding steroid dienone is 1. The van der Waals surface area contributed by atoms with E-state index in [1.807, 2.05) is 0 Å². The highest BCUT2D eigenvalue weighted by atomic mass is 14.2. The standard InChI is InChI=1S/C12H14/c1-9-3-5-12-8-10(2)4-6-11(12)7-9/h4,6,8H,1,3,5,7H2,2H3. The lowest BCUT2D eigenvalue weighted by atomic mass is 9.88. The van der Waals surface area contributed by atoms with Crippen molar-refractivity contribution in [3.63, 3.8) is 0 Å². The van der Waals surface area contributed by atoms with E-state index in [1.54, 1.807) is 0 Å². The summed E-state index contributed by atoms with van der Waals surface area (Å²) in [5, 5.41) is 0. The molecule has 0 saturated heterocycles. The second kappa shape index (κ2) is 2.78. The molecule has 0 saturated carbocycles. The van der Waals surface area contributed by atoms with Crippen LogP contribution in [-0.2, 0) is 12.8 Å². The summed E-state index contributed by atoms with van der Waals surface area (Å²) in [5.74, 6) is 0. The molecule has 0 N–H and O–H groups in total. The second-order valence-electron chi connectivity index (χ2n) is 3.70. The van der Waals surface area contributed by atoms with Crippen LogP contribution in [0.25, 0.3) is 0 Å². The molecule has 0 nitrogen and oxygen atoms in total. The minimum atomic E-state index is 1.09. The largest absolute Gasteiger partial charge is 0.0995 e. The first-order valence-electron chi connectivity index (χ1n) is 4.51. The third-order valence-electron chi connectivity index (χ3n) is 2.55. The summed E-state index contributed by atoms with van der Waals surface area (Å²) in [6.07, 6.45) is 3.46. The van der Waals surface area contributed by atoms with Gasteiger partial charge in [-0.25, -0.2) is 0 Å². The molecule has 0 aliphatic heterocycles. The molecule has 0 aromatic heterocycles. The van der Waals surface area contributed by atoms with Crippen LogP contribution in [0.3, 0.4) is 0 Å². The van der Waals surface area contributed by atoms with Crippen LogP contribution in [0.2, 0.25) is 0 Å². The second-order valence-corrected chi connectivity index (χ2v) is 3.70. The normalized spacial score (nSPS) is 15.9. The average Bonchev–Trinajstić information content (AvgIpc) is 2.05. The molecular weight excluding hydrogens is 144 g/mol. The predicted molar refractivity (Wildman–Crippen MR) is 52.3 cm³/mol. The highest BCUT2D eigenvalue weighted by molar-refractivity contribution is 5.37. The van der Waals surface area contributed by atoms with Crippen LogP contribution < -0.4 is 0 Å². The number of aryl methyl sites for hydroxylation is 2. The van der Waals surface area contributed by atoms with Crippen LogP contribution in [0.4, 0.5) is 0 Å². The van der Waals surface area contributed by atoms with E-state index in [4.69, 9.17) is 0 Å². The van der Waals surface area contributed by atoms with E-state index in [1.165, 1.54) is 35.1 Å². The topological polar surface area (TPSA) is 0 Å². The zero-order valence-corrected chi connectivity index (χ0v) is 7.56. The van der Waals surface area contributed by atoms with Crippen molar-refractivity contribution in [2.45, 2.75) is 26.2 Å². The maximum atomic E-state index is 4.04. The fraction of sp³-hybridized carbons (Fsp3) is 0.333. The van der Waals surface area contributed by atoms with Crippen molar-refractivity contribution in [1.82, 2.24) is 0 Å². The lowest BCUT2D eigenvalue weighted by molar-refractivity contribution is 0.839. The first-order chi connectivity index (χ1) is 5.75. The van der Waals surface area contributed by atoms with Gasteiger partial charge >= 0.3 is 0 Å². The molecule has 0 spiro atoms. The summed E-state index contributed by atoms with van der Waals surface area (Å²) < 4.78 is 0. The Hall–Kier alpha value is -1.04. The fourth-order valence-electron chi connectivity index (χ4n) is 1.83. The van der Waals surface area contributed by atoms with Gasteiger partial charge in [-0.1, -0.05) is 35.9 Å². The smallest absolute Gasteiger partial charge is 0.00670 e. The van der Waals surface area contributed by atoms with Crippen LogP contribution in [0.1, 0.15) is 23.1 Å². The molecular formula is C12H14. The monoisotopic (exact) mass is 158 g/mol. The Labute approximate surface area is 73.9 Å². The van der Waals surface area contributed by atoms with Crippen LogP contribution in [0, 0.1) is 6.92 Å². The molecule has 1 aromatic carbocycles. The van der Waals surface area contributed by atoms with Crippen molar-refractivity contribution in [3.05, 3.63) is 47.0 Å². The molecule has 0 heterocycles. The van der Waals surface area contributed by atoms with E-state index in [9.17, 15) is 0 Å². The maximum absolute atomic E-state index is 4.04. The molecule has 0 unspecified atom stereocenters. The predicted octanol–water partition coefficient (Wildman–Crippen LogP) is 3.04. The van der Waals surface area contributed by atoms with E-state index in [0.717, 1.165) is 6.42 Å². The summed E-state index contributed by atoms with van der Waals surface area (Å²) in [6, 6.07) is 6.74. The van der Waals surface area contributed by atoms with Crippen LogP contribution in [-0.4, -0.2) is 0 Å². The van der Waals surface area contributed by atoms with E-state index in [2.05, 4.69) is 31.7 Å². The number of hydrogen-bond donors (Lipinski definition) is 0. The van der Waals surface area contributed by atoms with Gasteiger partial charge in [-0.05, 0) is 37.3 Å². The van der Waals surface area contributed by atoms with Crippen molar-refractivity contribution in [3.8, 4) is 0 Å². The van der Waals surface area contributed by atoms with E-state index < -0.39 is 0 Å². The summed E-state index contributed by atoms with van der Waals surface area (Å²) in [6.45, 7) is 6.19. The Morgan fingerprint density at radius 2 is 2.00 bits per heavy atom. The highest BCUT2D eigenvalue weighted by Crippen LogP contribution is 2.24. The molecule has 62 valence electrons. The van der Waals surface area contributed by atoms with Gasteiger partial charge in [-0.15, -0.1) is 0 Å². The molecule has 12 heavy (non-hydrogen) atoms. The lowest BCUT2D eigenvalue weighted by Gasteiger charge is -2.17. The zero-order chi connectivity index (χ0) is 8.55. The molecule has 0 amide bonds. The van der Waals surface area contributed by atoms with Crippen LogP contribution >= 0.6 is 0 Å². The van der Waals surface area contributed by atoms with Gasteiger partial charge in [0.2, 0.25) is 0 Å². The molecule has 1 aliphatic rings. The zero-order valence-electron chi connectivity index (χ0n) is 7.56. The molecule has 2 rings (SSSR count).